The minimum atomic E-state index is -0.271. The highest BCUT2D eigenvalue weighted by atomic mass is 16.3. The number of aromatic nitrogens is 3. The van der Waals surface area contributed by atoms with Gasteiger partial charge in [0.2, 0.25) is 5.95 Å². The molecule has 2 fully saturated rings. The topological polar surface area (TPSA) is 95.3 Å². The Morgan fingerprint density at radius 3 is 2.65 bits per heavy atom. The van der Waals surface area contributed by atoms with Crippen LogP contribution < -0.4 is 16.2 Å². The zero-order chi connectivity index (χ0) is 21.4. The number of aliphatic hydroxyl groups is 1. The molecule has 0 spiro atoms. The molecular formula is C23H30N6O2. The second kappa shape index (κ2) is 8.53. The molecule has 8 nitrogen and oxygen atoms in total. The Labute approximate surface area is 181 Å². The van der Waals surface area contributed by atoms with Crippen LogP contribution in [0, 0.1) is 0 Å². The first kappa shape index (κ1) is 20.4. The van der Waals surface area contributed by atoms with Crippen LogP contribution in [-0.2, 0) is 6.54 Å². The fourth-order valence-corrected chi connectivity index (χ4v) is 4.98. The molecule has 0 atom stereocenters. The van der Waals surface area contributed by atoms with Crippen molar-refractivity contribution in [2.24, 2.45) is 0 Å². The maximum absolute atomic E-state index is 13.8. The maximum Gasteiger partial charge on any atom is 0.260 e. The molecule has 0 unspecified atom stereocenters. The van der Waals surface area contributed by atoms with Crippen LogP contribution in [0.2, 0.25) is 0 Å². The van der Waals surface area contributed by atoms with Gasteiger partial charge in [0.1, 0.15) is 5.65 Å². The van der Waals surface area contributed by atoms with Gasteiger partial charge in [-0.1, -0.05) is 12.1 Å². The summed E-state index contributed by atoms with van der Waals surface area (Å²) in [4.78, 5) is 25.3. The number of pyridine rings is 1. The van der Waals surface area contributed by atoms with Crippen molar-refractivity contribution in [1.29, 1.82) is 0 Å². The standard InChI is InChI=1S/C23H30N6O2/c1-24-23-26-13-20-18-7-2-15(14-28-10-8-25-9-11-28)12-19(18)22(31)29(21(20)27-23)16-3-5-17(30)6-4-16/h2,7,12-13,16-17,25,30H,3-6,8-11,14H2,1H3,(H,24,26,27). The van der Waals surface area contributed by atoms with Crippen LogP contribution in [-0.4, -0.2) is 63.9 Å². The average Bonchev–Trinajstić information content (AvgIpc) is 2.81. The average molecular weight is 423 g/mol. The van der Waals surface area contributed by atoms with Crippen molar-refractivity contribution in [2.45, 2.75) is 44.4 Å². The Kier molecular flexibility index (Phi) is 5.60. The van der Waals surface area contributed by atoms with Crippen molar-refractivity contribution < 1.29 is 5.11 Å². The highest BCUT2D eigenvalue weighted by Crippen LogP contribution is 2.32. The van der Waals surface area contributed by atoms with E-state index < -0.39 is 0 Å². The number of rotatable bonds is 4. The van der Waals surface area contributed by atoms with E-state index in [0.717, 1.165) is 67.3 Å². The van der Waals surface area contributed by atoms with Crippen LogP contribution in [0.1, 0.15) is 37.3 Å². The van der Waals surface area contributed by atoms with Gasteiger partial charge in [0.15, 0.2) is 0 Å². The number of hydrogen-bond acceptors (Lipinski definition) is 7. The van der Waals surface area contributed by atoms with E-state index in [4.69, 9.17) is 0 Å². The first-order valence-electron chi connectivity index (χ1n) is 11.3. The molecule has 3 N–H and O–H groups in total. The molecule has 1 saturated heterocycles. The number of aliphatic hydroxyl groups excluding tert-OH is 1. The summed E-state index contributed by atoms with van der Waals surface area (Å²) in [5.74, 6) is 0.506. The van der Waals surface area contributed by atoms with Gasteiger partial charge < -0.3 is 15.7 Å². The first-order chi connectivity index (χ1) is 15.1. The lowest BCUT2D eigenvalue weighted by atomic mass is 9.92. The molecule has 8 heteroatoms. The normalized spacial score (nSPS) is 22.8. The van der Waals surface area contributed by atoms with Gasteiger partial charge in [0, 0.05) is 62.8 Å². The molecule has 2 aliphatic rings. The quantitative estimate of drug-likeness (QED) is 0.553. The van der Waals surface area contributed by atoms with Crippen molar-refractivity contribution in [2.75, 3.05) is 38.5 Å². The second-order valence-electron chi connectivity index (χ2n) is 8.72. The Morgan fingerprint density at radius 2 is 1.90 bits per heavy atom. The van der Waals surface area contributed by atoms with Gasteiger partial charge in [-0.2, -0.15) is 4.98 Å². The maximum atomic E-state index is 13.8. The fraction of sp³-hybridized carbons (Fsp3) is 0.522. The molecule has 1 aliphatic heterocycles. The van der Waals surface area contributed by atoms with Crippen LogP contribution in [0.3, 0.4) is 0 Å². The first-order valence-corrected chi connectivity index (χ1v) is 11.3. The monoisotopic (exact) mass is 422 g/mol. The summed E-state index contributed by atoms with van der Waals surface area (Å²) in [5.41, 5.74) is 1.84. The Balaban J connectivity index is 1.65. The molecule has 3 aromatic rings. The zero-order valence-corrected chi connectivity index (χ0v) is 18.0. The van der Waals surface area contributed by atoms with Crippen molar-refractivity contribution in [3.63, 3.8) is 0 Å². The van der Waals surface area contributed by atoms with Crippen LogP contribution in [0.15, 0.2) is 29.2 Å². The molecule has 164 valence electrons. The minimum absolute atomic E-state index is 0.00630. The summed E-state index contributed by atoms with van der Waals surface area (Å²) in [6.07, 6.45) is 4.53. The van der Waals surface area contributed by atoms with E-state index in [-0.39, 0.29) is 17.7 Å². The van der Waals surface area contributed by atoms with E-state index in [0.29, 0.717) is 24.4 Å². The third-order valence-corrected chi connectivity index (χ3v) is 6.69. The van der Waals surface area contributed by atoms with Gasteiger partial charge in [0.05, 0.1) is 6.10 Å². The lowest BCUT2D eigenvalue weighted by molar-refractivity contribution is 0.111. The van der Waals surface area contributed by atoms with Crippen molar-refractivity contribution in [1.82, 2.24) is 24.8 Å². The molecule has 1 saturated carbocycles. The molecular weight excluding hydrogens is 392 g/mol. The largest absolute Gasteiger partial charge is 0.393 e. The highest BCUT2D eigenvalue weighted by Gasteiger charge is 2.25. The lowest BCUT2D eigenvalue weighted by Crippen LogP contribution is -2.42. The van der Waals surface area contributed by atoms with E-state index in [9.17, 15) is 9.90 Å². The van der Waals surface area contributed by atoms with Crippen molar-refractivity contribution in [3.05, 3.63) is 40.3 Å². The van der Waals surface area contributed by atoms with E-state index >= 15 is 0 Å². The number of anilines is 1. The molecule has 3 heterocycles. The lowest BCUT2D eigenvalue weighted by Gasteiger charge is -2.29. The summed E-state index contributed by atoms with van der Waals surface area (Å²) in [6.45, 7) is 4.89. The van der Waals surface area contributed by atoms with Crippen LogP contribution in [0.4, 0.5) is 5.95 Å². The number of benzene rings is 1. The number of hydrogen-bond donors (Lipinski definition) is 3. The van der Waals surface area contributed by atoms with Crippen LogP contribution in [0.25, 0.3) is 21.8 Å². The smallest absolute Gasteiger partial charge is 0.260 e. The summed E-state index contributed by atoms with van der Waals surface area (Å²) >= 11 is 0. The predicted octanol–water partition coefficient (Wildman–Crippen LogP) is 1.87. The third kappa shape index (κ3) is 3.91. The molecule has 0 radical (unpaired) electrons. The summed E-state index contributed by atoms with van der Waals surface area (Å²) < 4.78 is 1.86. The van der Waals surface area contributed by atoms with Crippen molar-refractivity contribution in [3.8, 4) is 0 Å². The van der Waals surface area contributed by atoms with Gasteiger partial charge in [0.25, 0.3) is 5.56 Å². The molecule has 1 aliphatic carbocycles. The number of nitrogens with zero attached hydrogens (tertiary/aromatic N) is 4. The number of fused-ring (bicyclic) bond motifs is 3. The summed E-state index contributed by atoms with van der Waals surface area (Å²) in [7, 11) is 1.78. The van der Waals surface area contributed by atoms with E-state index in [1.807, 2.05) is 16.8 Å². The molecule has 1 aromatic carbocycles. The van der Waals surface area contributed by atoms with Gasteiger partial charge in [-0.25, -0.2) is 4.98 Å². The van der Waals surface area contributed by atoms with E-state index in [1.165, 1.54) is 0 Å². The van der Waals surface area contributed by atoms with Crippen LogP contribution in [0.5, 0.6) is 0 Å². The van der Waals surface area contributed by atoms with E-state index in [1.54, 1.807) is 7.05 Å². The Hall–Kier alpha value is -2.55. The number of nitrogens with one attached hydrogen (secondary N) is 2. The molecule has 2 aromatic heterocycles. The minimum Gasteiger partial charge on any atom is -0.393 e. The van der Waals surface area contributed by atoms with Gasteiger partial charge in [-0.15, -0.1) is 0 Å². The zero-order valence-electron chi connectivity index (χ0n) is 18.0. The predicted molar refractivity (Wildman–Crippen MR) is 123 cm³/mol. The third-order valence-electron chi connectivity index (χ3n) is 6.69. The fourth-order valence-electron chi connectivity index (χ4n) is 4.98. The Morgan fingerprint density at radius 1 is 1.13 bits per heavy atom. The van der Waals surface area contributed by atoms with E-state index in [2.05, 4.69) is 37.6 Å². The summed E-state index contributed by atoms with van der Waals surface area (Å²) in [6, 6.07) is 6.27. The number of piperazine rings is 1. The molecule has 31 heavy (non-hydrogen) atoms. The SMILES string of the molecule is CNc1ncc2c3ccc(CN4CCNCC4)cc3c(=O)n(C3CCC(O)CC3)c2n1. The second-order valence-corrected chi connectivity index (χ2v) is 8.72. The van der Waals surface area contributed by atoms with Crippen LogP contribution >= 0.6 is 0 Å². The van der Waals surface area contributed by atoms with Gasteiger partial charge >= 0.3 is 0 Å². The summed E-state index contributed by atoms with van der Waals surface area (Å²) in [5, 5.41) is 18.9. The Bertz CT molecular complexity index is 1150. The molecule has 0 amide bonds. The van der Waals surface area contributed by atoms with Gasteiger partial charge in [-0.05, 0) is 42.7 Å². The molecule has 0 bridgehead atoms. The van der Waals surface area contributed by atoms with Crippen molar-refractivity contribution >= 4 is 27.8 Å². The van der Waals surface area contributed by atoms with Gasteiger partial charge in [-0.3, -0.25) is 14.3 Å². The molecule has 5 rings (SSSR count). The highest BCUT2D eigenvalue weighted by molar-refractivity contribution is 6.04.